The molecule has 140 valence electrons. The number of carbonyl (C=O) groups is 2. The molecule has 1 aromatic heterocycles. The van der Waals surface area contributed by atoms with Crippen molar-refractivity contribution < 1.29 is 14.3 Å². The normalized spacial score (nSPS) is 11.7. The van der Waals surface area contributed by atoms with Crippen LogP contribution in [0.3, 0.4) is 0 Å². The summed E-state index contributed by atoms with van der Waals surface area (Å²) in [5, 5.41) is 5.70. The molecule has 0 fully saturated rings. The second kappa shape index (κ2) is 9.97. The second-order valence-corrected chi connectivity index (χ2v) is 7.04. The lowest BCUT2D eigenvalue weighted by Gasteiger charge is -2.11. The molecule has 5 nitrogen and oxygen atoms in total. The molecule has 1 aromatic carbocycles. The smallest absolute Gasteiger partial charge is 0.265 e. The van der Waals surface area contributed by atoms with Crippen LogP contribution < -0.4 is 15.4 Å². The van der Waals surface area contributed by atoms with Crippen molar-refractivity contribution in [3.8, 4) is 16.2 Å². The summed E-state index contributed by atoms with van der Waals surface area (Å²) in [7, 11) is 0. The highest BCUT2D eigenvalue weighted by Gasteiger charge is 2.18. The predicted octanol–water partition coefficient (Wildman–Crippen LogP) is 3.85. The van der Waals surface area contributed by atoms with Crippen LogP contribution in [0.2, 0.25) is 0 Å². The van der Waals surface area contributed by atoms with Gasteiger partial charge in [-0.3, -0.25) is 9.59 Å². The summed E-state index contributed by atoms with van der Waals surface area (Å²) >= 11 is 1.40. The maximum atomic E-state index is 12.5. The Morgan fingerprint density at radius 3 is 2.58 bits per heavy atom. The minimum Gasteiger partial charge on any atom is -0.492 e. The van der Waals surface area contributed by atoms with Crippen LogP contribution >= 0.6 is 11.3 Å². The number of carbonyl (C=O) groups excluding carboxylic acids is 2. The van der Waals surface area contributed by atoms with Crippen molar-refractivity contribution in [1.29, 1.82) is 0 Å². The Bertz CT molecular complexity index is 728. The van der Waals surface area contributed by atoms with Gasteiger partial charge >= 0.3 is 0 Å². The van der Waals surface area contributed by atoms with Crippen LogP contribution in [0.4, 0.5) is 0 Å². The quantitative estimate of drug-likeness (QED) is 0.701. The number of ether oxygens (including phenoxy) is 1. The molecule has 6 heteroatoms. The fourth-order valence-electron chi connectivity index (χ4n) is 2.36. The Morgan fingerprint density at radius 1 is 1.19 bits per heavy atom. The number of rotatable bonds is 9. The molecule has 0 aliphatic rings. The number of thiophene rings is 1. The number of hydrogen-bond donors (Lipinski definition) is 2. The Balaban J connectivity index is 2.01. The Labute approximate surface area is 158 Å². The molecule has 26 heavy (non-hydrogen) atoms. The van der Waals surface area contributed by atoms with Crippen molar-refractivity contribution >= 4 is 23.2 Å². The van der Waals surface area contributed by atoms with Crippen LogP contribution in [0, 0.1) is 0 Å². The van der Waals surface area contributed by atoms with E-state index in [0.717, 1.165) is 16.9 Å². The van der Waals surface area contributed by atoms with Gasteiger partial charge in [0.15, 0.2) is 0 Å². The van der Waals surface area contributed by atoms with Crippen LogP contribution in [0.15, 0.2) is 36.4 Å². The largest absolute Gasteiger partial charge is 0.492 e. The van der Waals surface area contributed by atoms with E-state index < -0.39 is 0 Å². The van der Waals surface area contributed by atoms with E-state index in [1.165, 1.54) is 11.3 Å². The monoisotopic (exact) mass is 374 g/mol. The molecule has 0 aliphatic heterocycles. The van der Waals surface area contributed by atoms with Crippen LogP contribution in [0.1, 0.15) is 43.3 Å². The van der Waals surface area contributed by atoms with Gasteiger partial charge in [0.25, 0.3) is 5.91 Å². The van der Waals surface area contributed by atoms with Crippen molar-refractivity contribution in [2.24, 2.45) is 0 Å². The standard InChI is InChI=1S/C20H26N2O3S/c1-4-14(3)22-18(23)11-12-21-20(24)19-16(25-5-2)13-17(26-19)15-9-7-6-8-10-15/h6-10,13-14H,4-5,11-12H2,1-3H3,(H,21,24)(H,22,23)/t14-/m1/s1. The van der Waals surface area contributed by atoms with Crippen molar-refractivity contribution in [1.82, 2.24) is 10.6 Å². The second-order valence-electron chi connectivity index (χ2n) is 5.99. The number of hydrogen-bond acceptors (Lipinski definition) is 4. The molecule has 2 rings (SSSR count). The summed E-state index contributed by atoms with van der Waals surface area (Å²) in [6.45, 7) is 6.65. The molecule has 0 saturated carbocycles. The first-order valence-corrected chi connectivity index (χ1v) is 9.76. The summed E-state index contributed by atoms with van der Waals surface area (Å²) in [6, 6.07) is 11.9. The van der Waals surface area contributed by atoms with Crippen LogP contribution in [0.25, 0.3) is 10.4 Å². The topological polar surface area (TPSA) is 67.4 Å². The minimum atomic E-state index is -0.211. The lowest BCUT2D eigenvalue weighted by Crippen LogP contribution is -2.35. The van der Waals surface area contributed by atoms with Gasteiger partial charge in [0.05, 0.1) is 6.61 Å². The van der Waals surface area contributed by atoms with Crippen molar-refractivity contribution in [3.05, 3.63) is 41.3 Å². The van der Waals surface area contributed by atoms with Gasteiger partial charge in [-0.1, -0.05) is 37.3 Å². The van der Waals surface area contributed by atoms with Gasteiger partial charge in [-0.05, 0) is 31.9 Å². The molecule has 2 amide bonds. The first-order chi connectivity index (χ1) is 12.5. The van der Waals surface area contributed by atoms with E-state index in [0.29, 0.717) is 23.8 Å². The van der Waals surface area contributed by atoms with E-state index in [1.807, 2.05) is 57.2 Å². The molecule has 1 heterocycles. The summed E-state index contributed by atoms with van der Waals surface area (Å²) in [4.78, 5) is 25.9. The fraction of sp³-hybridized carbons (Fsp3) is 0.400. The van der Waals surface area contributed by atoms with Gasteiger partial charge in [0.1, 0.15) is 10.6 Å². The van der Waals surface area contributed by atoms with Gasteiger partial charge in [-0.15, -0.1) is 11.3 Å². The maximum Gasteiger partial charge on any atom is 0.265 e. The highest BCUT2D eigenvalue weighted by atomic mass is 32.1. The average molecular weight is 375 g/mol. The van der Waals surface area contributed by atoms with Gasteiger partial charge < -0.3 is 15.4 Å². The van der Waals surface area contributed by atoms with Crippen LogP contribution in [-0.2, 0) is 4.79 Å². The molecule has 2 N–H and O–H groups in total. The molecule has 1 atom stereocenters. The van der Waals surface area contributed by atoms with E-state index in [2.05, 4.69) is 10.6 Å². The molecule has 0 radical (unpaired) electrons. The molecule has 0 aliphatic carbocycles. The summed E-state index contributed by atoms with van der Waals surface area (Å²) in [5.41, 5.74) is 1.05. The van der Waals surface area contributed by atoms with Crippen LogP contribution in [0.5, 0.6) is 5.75 Å². The maximum absolute atomic E-state index is 12.5. The van der Waals surface area contributed by atoms with E-state index in [4.69, 9.17) is 4.74 Å². The van der Waals surface area contributed by atoms with Gasteiger partial charge in [0.2, 0.25) is 5.91 Å². The van der Waals surface area contributed by atoms with Crippen molar-refractivity contribution in [3.63, 3.8) is 0 Å². The molecule has 0 saturated heterocycles. The molecule has 2 aromatic rings. The zero-order chi connectivity index (χ0) is 18.9. The first-order valence-electron chi connectivity index (χ1n) is 8.94. The molecule has 0 bridgehead atoms. The van der Waals surface area contributed by atoms with Crippen LogP contribution in [-0.4, -0.2) is 31.0 Å². The SMILES string of the molecule is CCOc1cc(-c2ccccc2)sc1C(=O)NCCC(=O)N[C@H](C)CC. The van der Waals surface area contributed by atoms with E-state index >= 15 is 0 Å². The van der Waals surface area contributed by atoms with Gasteiger partial charge in [-0.2, -0.15) is 0 Å². The molecule has 0 unspecified atom stereocenters. The minimum absolute atomic E-state index is 0.0548. The van der Waals surface area contributed by atoms with E-state index in [1.54, 1.807) is 0 Å². The first kappa shape index (κ1) is 20.0. The Morgan fingerprint density at radius 2 is 1.92 bits per heavy atom. The van der Waals surface area contributed by atoms with E-state index in [-0.39, 0.29) is 24.3 Å². The third-order valence-corrected chi connectivity index (χ3v) is 5.08. The Kier molecular flexibility index (Phi) is 7.66. The Hall–Kier alpha value is -2.34. The molecule has 0 spiro atoms. The van der Waals surface area contributed by atoms with Gasteiger partial charge in [0, 0.05) is 23.9 Å². The zero-order valence-corrected chi connectivity index (χ0v) is 16.3. The lowest BCUT2D eigenvalue weighted by atomic mass is 10.2. The highest BCUT2D eigenvalue weighted by molar-refractivity contribution is 7.17. The zero-order valence-electron chi connectivity index (χ0n) is 15.5. The average Bonchev–Trinajstić information content (AvgIpc) is 3.06. The van der Waals surface area contributed by atoms with Gasteiger partial charge in [-0.25, -0.2) is 0 Å². The predicted molar refractivity (Wildman–Crippen MR) is 106 cm³/mol. The molecular weight excluding hydrogens is 348 g/mol. The molecular formula is C20H26N2O3S. The summed E-state index contributed by atoms with van der Waals surface area (Å²) in [6.07, 6.45) is 1.14. The van der Waals surface area contributed by atoms with E-state index in [9.17, 15) is 9.59 Å². The highest BCUT2D eigenvalue weighted by Crippen LogP contribution is 2.36. The summed E-state index contributed by atoms with van der Waals surface area (Å²) < 4.78 is 5.63. The number of nitrogens with one attached hydrogen (secondary N) is 2. The fourth-order valence-corrected chi connectivity index (χ4v) is 3.38. The third kappa shape index (κ3) is 5.59. The summed E-state index contributed by atoms with van der Waals surface area (Å²) in [5.74, 6) is 0.315. The van der Waals surface area contributed by atoms with Crippen molar-refractivity contribution in [2.45, 2.75) is 39.7 Å². The lowest BCUT2D eigenvalue weighted by molar-refractivity contribution is -0.121. The number of amides is 2. The number of benzene rings is 1. The van der Waals surface area contributed by atoms with Crippen molar-refractivity contribution in [2.75, 3.05) is 13.2 Å². The third-order valence-electron chi connectivity index (χ3n) is 3.92.